The minimum absolute atomic E-state index is 0.125. The maximum Gasteiger partial charge on any atom is 0.162 e. The maximum absolute atomic E-state index is 10.3. The average molecular weight is 250 g/mol. The lowest BCUT2D eigenvalue weighted by Crippen LogP contribution is -2.32. The molecule has 0 aliphatic carbocycles. The van der Waals surface area contributed by atoms with E-state index in [0.29, 0.717) is 0 Å². The molecule has 0 aliphatic rings. The molecule has 3 nitrogen and oxygen atoms in total. The predicted octanol–water partition coefficient (Wildman–Crippen LogP) is 2.71. The van der Waals surface area contributed by atoms with Crippen molar-refractivity contribution in [3.8, 4) is 0 Å². The van der Waals surface area contributed by atoms with Gasteiger partial charge in [-0.15, -0.1) is 0 Å². The predicted molar refractivity (Wildman–Crippen MR) is 73.1 cm³/mol. The Balaban J connectivity index is 2.77. The fourth-order valence-electron chi connectivity index (χ4n) is 1.99. The van der Waals surface area contributed by atoms with Crippen LogP contribution >= 0.6 is 0 Å². The van der Waals surface area contributed by atoms with Gasteiger partial charge in [0, 0.05) is 20.1 Å². The summed E-state index contributed by atoms with van der Waals surface area (Å²) in [6.07, 6.45) is 0.984. The molecule has 0 radical (unpaired) electrons. The van der Waals surface area contributed by atoms with Crippen molar-refractivity contribution in [2.75, 3.05) is 14.2 Å². The van der Waals surface area contributed by atoms with Crippen molar-refractivity contribution >= 4 is 6.08 Å². The summed E-state index contributed by atoms with van der Waals surface area (Å²) in [7, 11) is 3.15. The molecule has 0 fully saturated rings. The standard InChI is InChI=1S/C15H22O3/c1-11(10-13-8-6-5-7-9-13)14(16)12(2)15(17-3)18-4/h5-10,12,14-16H,1-4H3/b11-10+/t12-,14-/m0/s1. The summed E-state index contributed by atoms with van der Waals surface area (Å²) >= 11 is 0. The Bertz CT molecular complexity index is 369. The Morgan fingerprint density at radius 1 is 1.17 bits per heavy atom. The minimum Gasteiger partial charge on any atom is -0.388 e. The van der Waals surface area contributed by atoms with Crippen LogP contribution in [0.25, 0.3) is 6.08 Å². The van der Waals surface area contributed by atoms with Gasteiger partial charge in [0.15, 0.2) is 6.29 Å². The first kappa shape index (κ1) is 14.9. The van der Waals surface area contributed by atoms with Gasteiger partial charge in [-0.2, -0.15) is 0 Å². The van der Waals surface area contributed by atoms with Gasteiger partial charge in [0.05, 0.1) is 6.10 Å². The first-order valence-electron chi connectivity index (χ1n) is 6.07. The first-order valence-corrected chi connectivity index (χ1v) is 6.07. The number of aliphatic hydroxyl groups is 1. The van der Waals surface area contributed by atoms with Crippen LogP contribution in [0.4, 0.5) is 0 Å². The second-order valence-electron chi connectivity index (χ2n) is 4.44. The molecule has 0 spiro atoms. The topological polar surface area (TPSA) is 38.7 Å². The van der Waals surface area contributed by atoms with Crippen LogP contribution < -0.4 is 0 Å². The molecule has 0 amide bonds. The molecule has 100 valence electrons. The van der Waals surface area contributed by atoms with E-state index >= 15 is 0 Å². The molecule has 0 saturated heterocycles. The van der Waals surface area contributed by atoms with E-state index in [0.717, 1.165) is 11.1 Å². The zero-order valence-electron chi connectivity index (χ0n) is 11.5. The van der Waals surface area contributed by atoms with Crippen molar-refractivity contribution in [1.29, 1.82) is 0 Å². The Morgan fingerprint density at radius 2 is 1.72 bits per heavy atom. The van der Waals surface area contributed by atoms with Crippen molar-refractivity contribution in [2.24, 2.45) is 5.92 Å². The van der Waals surface area contributed by atoms with E-state index < -0.39 is 12.4 Å². The first-order chi connectivity index (χ1) is 8.60. The number of ether oxygens (including phenoxy) is 2. The molecule has 1 rings (SSSR count). The SMILES string of the molecule is COC(OC)[C@@H](C)[C@@H](O)/C(C)=C/c1ccccc1. The number of aliphatic hydroxyl groups excluding tert-OH is 1. The van der Waals surface area contributed by atoms with Crippen LogP contribution in [0.15, 0.2) is 35.9 Å². The van der Waals surface area contributed by atoms with Gasteiger partial charge in [-0.1, -0.05) is 43.3 Å². The number of benzene rings is 1. The van der Waals surface area contributed by atoms with Crippen LogP contribution in [0, 0.1) is 5.92 Å². The molecule has 1 aromatic rings. The number of methoxy groups -OCH3 is 2. The molecule has 0 bridgehead atoms. The molecule has 1 N–H and O–H groups in total. The lowest BCUT2D eigenvalue weighted by atomic mass is 9.96. The third-order valence-corrected chi connectivity index (χ3v) is 3.05. The lowest BCUT2D eigenvalue weighted by Gasteiger charge is -2.26. The fourth-order valence-corrected chi connectivity index (χ4v) is 1.99. The largest absolute Gasteiger partial charge is 0.388 e. The highest BCUT2D eigenvalue weighted by atomic mass is 16.7. The average Bonchev–Trinajstić information content (AvgIpc) is 2.40. The van der Waals surface area contributed by atoms with Gasteiger partial charge >= 0.3 is 0 Å². The van der Waals surface area contributed by atoms with Crippen molar-refractivity contribution in [2.45, 2.75) is 26.2 Å². The minimum atomic E-state index is -0.588. The highest BCUT2D eigenvalue weighted by Crippen LogP contribution is 2.20. The summed E-state index contributed by atoms with van der Waals surface area (Å²) < 4.78 is 10.3. The zero-order chi connectivity index (χ0) is 13.5. The summed E-state index contributed by atoms with van der Waals surface area (Å²) in [5, 5.41) is 10.3. The highest BCUT2D eigenvalue weighted by molar-refractivity contribution is 5.53. The quantitative estimate of drug-likeness (QED) is 0.789. The number of hydrogen-bond donors (Lipinski definition) is 1. The van der Waals surface area contributed by atoms with Crippen LogP contribution in [-0.2, 0) is 9.47 Å². The molecule has 0 saturated carbocycles. The van der Waals surface area contributed by atoms with Gasteiger partial charge in [-0.25, -0.2) is 0 Å². The molecule has 3 heteroatoms. The zero-order valence-corrected chi connectivity index (χ0v) is 11.5. The van der Waals surface area contributed by atoms with E-state index in [4.69, 9.17) is 9.47 Å². The molecule has 0 aromatic heterocycles. The summed E-state index contributed by atoms with van der Waals surface area (Å²) in [6, 6.07) is 9.93. The van der Waals surface area contributed by atoms with E-state index in [9.17, 15) is 5.11 Å². The van der Waals surface area contributed by atoms with E-state index in [-0.39, 0.29) is 5.92 Å². The van der Waals surface area contributed by atoms with Gasteiger partial charge in [-0.3, -0.25) is 0 Å². The summed E-state index contributed by atoms with van der Waals surface area (Å²) in [5.74, 6) is -0.125. The van der Waals surface area contributed by atoms with Crippen LogP contribution in [-0.4, -0.2) is 31.7 Å². The van der Waals surface area contributed by atoms with Crippen LogP contribution in [0.1, 0.15) is 19.4 Å². The fraction of sp³-hybridized carbons (Fsp3) is 0.467. The molecule has 1 aromatic carbocycles. The van der Waals surface area contributed by atoms with E-state index in [2.05, 4.69) is 0 Å². The summed E-state index contributed by atoms with van der Waals surface area (Å²) in [5.41, 5.74) is 1.97. The van der Waals surface area contributed by atoms with Crippen molar-refractivity contribution in [3.05, 3.63) is 41.5 Å². The molecular weight excluding hydrogens is 228 g/mol. The van der Waals surface area contributed by atoms with Crippen LogP contribution in [0.2, 0.25) is 0 Å². The third kappa shape index (κ3) is 3.95. The van der Waals surface area contributed by atoms with Gasteiger partial charge in [-0.05, 0) is 18.1 Å². The number of rotatable bonds is 6. The molecule has 2 atom stereocenters. The Kier molecular flexibility index (Phi) is 6.05. The monoisotopic (exact) mass is 250 g/mol. The van der Waals surface area contributed by atoms with Crippen LogP contribution in [0.3, 0.4) is 0 Å². The summed E-state index contributed by atoms with van der Waals surface area (Å²) in [6.45, 7) is 3.82. The van der Waals surface area contributed by atoms with E-state index in [1.165, 1.54) is 0 Å². The lowest BCUT2D eigenvalue weighted by molar-refractivity contribution is -0.151. The van der Waals surface area contributed by atoms with E-state index in [1.807, 2.05) is 50.3 Å². The highest BCUT2D eigenvalue weighted by Gasteiger charge is 2.24. The second kappa shape index (κ2) is 7.31. The summed E-state index contributed by atoms with van der Waals surface area (Å²) in [4.78, 5) is 0. The molecule has 0 aliphatic heterocycles. The van der Waals surface area contributed by atoms with Crippen molar-refractivity contribution < 1.29 is 14.6 Å². The van der Waals surface area contributed by atoms with Gasteiger partial charge in [0.2, 0.25) is 0 Å². The van der Waals surface area contributed by atoms with Crippen molar-refractivity contribution in [1.82, 2.24) is 0 Å². The Morgan fingerprint density at radius 3 is 2.22 bits per heavy atom. The van der Waals surface area contributed by atoms with Gasteiger partial charge in [0.1, 0.15) is 0 Å². The normalized spacial score (nSPS) is 15.8. The molecule has 0 heterocycles. The van der Waals surface area contributed by atoms with Gasteiger partial charge < -0.3 is 14.6 Å². The Labute approximate surface area is 109 Å². The number of hydrogen-bond acceptors (Lipinski definition) is 3. The second-order valence-corrected chi connectivity index (χ2v) is 4.44. The van der Waals surface area contributed by atoms with Crippen LogP contribution in [0.5, 0.6) is 0 Å². The van der Waals surface area contributed by atoms with Gasteiger partial charge in [0.25, 0.3) is 0 Å². The van der Waals surface area contributed by atoms with Crippen molar-refractivity contribution in [3.63, 3.8) is 0 Å². The molecular formula is C15H22O3. The molecule has 0 unspecified atom stereocenters. The maximum atomic E-state index is 10.3. The third-order valence-electron chi connectivity index (χ3n) is 3.05. The van der Waals surface area contributed by atoms with E-state index in [1.54, 1.807) is 14.2 Å². The Hall–Kier alpha value is -1.16. The smallest absolute Gasteiger partial charge is 0.162 e. The molecule has 18 heavy (non-hydrogen) atoms.